The minimum absolute atomic E-state index is 0.750. The van der Waals surface area contributed by atoms with E-state index in [2.05, 4.69) is 48.9 Å². The van der Waals surface area contributed by atoms with Gasteiger partial charge < -0.3 is 4.98 Å². The Morgan fingerprint density at radius 3 is 3.00 bits per heavy atom. The third-order valence-corrected chi connectivity index (χ3v) is 4.02. The average Bonchev–Trinajstić information content (AvgIpc) is 2.67. The van der Waals surface area contributed by atoms with Gasteiger partial charge in [0.2, 0.25) is 0 Å². The molecule has 0 fully saturated rings. The zero-order valence-electron chi connectivity index (χ0n) is 10.1. The number of hydrogen-bond donors (Lipinski definition) is 1. The highest BCUT2D eigenvalue weighted by Crippen LogP contribution is 2.22. The van der Waals surface area contributed by atoms with E-state index in [9.17, 15) is 0 Å². The molecular weight excluding hydrogens is 216 g/mol. The van der Waals surface area contributed by atoms with Gasteiger partial charge in [-0.15, -0.1) is 0 Å². The van der Waals surface area contributed by atoms with Crippen LogP contribution in [-0.2, 0) is 0 Å². The second-order valence-electron chi connectivity index (χ2n) is 4.39. The number of rotatable bonds is 4. The molecule has 0 saturated heterocycles. The van der Waals surface area contributed by atoms with Crippen LogP contribution < -0.4 is 0 Å². The highest BCUT2D eigenvalue weighted by molar-refractivity contribution is 7.99. The van der Waals surface area contributed by atoms with Gasteiger partial charge in [0.25, 0.3) is 0 Å². The molecule has 0 aliphatic carbocycles. The van der Waals surface area contributed by atoms with Gasteiger partial charge in [-0.1, -0.05) is 38.1 Å². The summed E-state index contributed by atoms with van der Waals surface area (Å²) in [7, 11) is 0. The third-order valence-electron chi connectivity index (χ3n) is 2.82. The normalized spacial score (nSPS) is 13.2. The minimum atomic E-state index is 0.750. The van der Waals surface area contributed by atoms with E-state index in [0.29, 0.717) is 0 Å². The molecule has 0 radical (unpaired) electrons. The van der Waals surface area contributed by atoms with E-state index in [4.69, 9.17) is 0 Å². The molecule has 2 nitrogen and oxygen atoms in total. The average molecular weight is 234 g/mol. The van der Waals surface area contributed by atoms with Crippen molar-refractivity contribution < 1.29 is 0 Å². The standard InChI is InChI=1S/C13H18N2S/c1-4-9(2)8-16-13-14-11-6-5-10(3)7-12(11)15-13/h5-7,9H,4,8H2,1-3H3,(H,14,15). The van der Waals surface area contributed by atoms with Crippen molar-refractivity contribution in [3.05, 3.63) is 23.8 Å². The molecule has 0 aliphatic rings. The number of aryl methyl sites for hydroxylation is 1. The third kappa shape index (κ3) is 2.59. The summed E-state index contributed by atoms with van der Waals surface area (Å²) in [5.41, 5.74) is 3.48. The molecule has 16 heavy (non-hydrogen) atoms. The van der Waals surface area contributed by atoms with Gasteiger partial charge in [-0.2, -0.15) is 0 Å². The highest BCUT2D eigenvalue weighted by Gasteiger charge is 2.05. The summed E-state index contributed by atoms with van der Waals surface area (Å²) in [5, 5.41) is 1.04. The van der Waals surface area contributed by atoms with Gasteiger partial charge in [-0.05, 0) is 30.5 Å². The fourth-order valence-electron chi connectivity index (χ4n) is 1.51. The molecule has 0 aliphatic heterocycles. The maximum absolute atomic E-state index is 4.57. The lowest BCUT2D eigenvalue weighted by Crippen LogP contribution is -1.95. The number of H-pyrrole nitrogens is 1. The van der Waals surface area contributed by atoms with Gasteiger partial charge in [0.15, 0.2) is 5.16 Å². The molecule has 3 heteroatoms. The number of nitrogens with zero attached hydrogens (tertiary/aromatic N) is 1. The summed E-state index contributed by atoms with van der Waals surface area (Å²) in [4.78, 5) is 7.94. The first-order valence-corrected chi connectivity index (χ1v) is 6.76. The van der Waals surface area contributed by atoms with Crippen LogP contribution in [0.5, 0.6) is 0 Å². The van der Waals surface area contributed by atoms with Crippen molar-refractivity contribution in [2.75, 3.05) is 5.75 Å². The van der Waals surface area contributed by atoms with Crippen molar-refractivity contribution in [1.82, 2.24) is 9.97 Å². The molecule has 1 N–H and O–H groups in total. The predicted molar refractivity (Wildman–Crippen MR) is 71.0 cm³/mol. The lowest BCUT2D eigenvalue weighted by molar-refractivity contribution is 0.636. The summed E-state index contributed by atoms with van der Waals surface area (Å²) in [6.07, 6.45) is 1.23. The molecule has 1 aromatic heterocycles. The fraction of sp³-hybridized carbons (Fsp3) is 0.462. The van der Waals surface area contributed by atoms with E-state index >= 15 is 0 Å². The minimum Gasteiger partial charge on any atom is -0.333 e. The molecule has 2 aromatic rings. The maximum Gasteiger partial charge on any atom is 0.166 e. The molecule has 1 heterocycles. The van der Waals surface area contributed by atoms with E-state index < -0.39 is 0 Å². The van der Waals surface area contributed by atoms with Gasteiger partial charge in [0.1, 0.15) is 0 Å². The van der Waals surface area contributed by atoms with Crippen LogP contribution in [0.3, 0.4) is 0 Å². The smallest absolute Gasteiger partial charge is 0.166 e. The van der Waals surface area contributed by atoms with Crippen molar-refractivity contribution in [3.8, 4) is 0 Å². The van der Waals surface area contributed by atoms with E-state index in [1.807, 2.05) is 11.8 Å². The topological polar surface area (TPSA) is 28.7 Å². The first-order valence-electron chi connectivity index (χ1n) is 5.78. The number of nitrogens with one attached hydrogen (secondary N) is 1. The van der Waals surface area contributed by atoms with E-state index in [1.54, 1.807) is 0 Å². The Hall–Kier alpha value is -0.960. The van der Waals surface area contributed by atoms with Crippen molar-refractivity contribution in [3.63, 3.8) is 0 Å². The molecule has 0 saturated carbocycles. The number of benzene rings is 1. The van der Waals surface area contributed by atoms with E-state index in [0.717, 1.165) is 27.9 Å². The Bertz CT molecular complexity index is 476. The van der Waals surface area contributed by atoms with Crippen molar-refractivity contribution in [1.29, 1.82) is 0 Å². The van der Waals surface area contributed by atoms with Gasteiger partial charge in [-0.3, -0.25) is 0 Å². The number of thioether (sulfide) groups is 1. The highest BCUT2D eigenvalue weighted by atomic mass is 32.2. The summed E-state index contributed by atoms with van der Waals surface area (Å²) in [5.74, 6) is 1.88. The van der Waals surface area contributed by atoms with E-state index in [1.165, 1.54) is 12.0 Å². The van der Waals surface area contributed by atoms with Crippen LogP contribution in [0, 0.1) is 12.8 Å². The largest absolute Gasteiger partial charge is 0.333 e. The van der Waals surface area contributed by atoms with Crippen LogP contribution in [-0.4, -0.2) is 15.7 Å². The Morgan fingerprint density at radius 1 is 1.44 bits per heavy atom. The van der Waals surface area contributed by atoms with Crippen LogP contribution in [0.4, 0.5) is 0 Å². The molecule has 1 atom stereocenters. The molecular formula is C13H18N2S. The van der Waals surface area contributed by atoms with Crippen LogP contribution in [0.1, 0.15) is 25.8 Å². The van der Waals surface area contributed by atoms with Gasteiger partial charge >= 0.3 is 0 Å². The molecule has 0 spiro atoms. The second kappa shape index (κ2) is 4.91. The van der Waals surface area contributed by atoms with Gasteiger partial charge in [0, 0.05) is 5.75 Å². The van der Waals surface area contributed by atoms with Crippen LogP contribution in [0.2, 0.25) is 0 Å². The SMILES string of the molecule is CCC(C)CSc1nc2ccc(C)cc2[nH]1. The number of fused-ring (bicyclic) bond motifs is 1. The van der Waals surface area contributed by atoms with E-state index in [-0.39, 0.29) is 0 Å². The first kappa shape index (κ1) is 11.5. The van der Waals surface area contributed by atoms with Gasteiger partial charge in [0.05, 0.1) is 11.0 Å². The Balaban J connectivity index is 2.13. The number of aromatic amines is 1. The first-order chi connectivity index (χ1) is 7.69. The summed E-state index contributed by atoms with van der Waals surface area (Å²) < 4.78 is 0. The number of aromatic nitrogens is 2. The fourth-order valence-corrected chi connectivity index (χ4v) is 2.53. The molecule has 0 amide bonds. The molecule has 0 bridgehead atoms. The Labute approximate surface area is 101 Å². The van der Waals surface area contributed by atoms with Gasteiger partial charge in [-0.25, -0.2) is 4.98 Å². The zero-order valence-corrected chi connectivity index (χ0v) is 10.9. The molecule has 1 aromatic carbocycles. The van der Waals surface area contributed by atoms with Crippen LogP contribution in [0.15, 0.2) is 23.4 Å². The molecule has 86 valence electrons. The zero-order chi connectivity index (χ0) is 11.5. The quantitative estimate of drug-likeness (QED) is 0.810. The Kier molecular flexibility index (Phi) is 3.54. The van der Waals surface area contributed by atoms with Crippen molar-refractivity contribution in [2.45, 2.75) is 32.3 Å². The molecule has 2 rings (SSSR count). The molecule has 1 unspecified atom stereocenters. The van der Waals surface area contributed by atoms with Crippen molar-refractivity contribution in [2.24, 2.45) is 5.92 Å². The lowest BCUT2D eigenvalue weighted by atomic mass is 10.2. The maximum atomic E-state index is 4.57. The van der Waals surface area contributed by atoms with Crippen LogP contribution >= 0.6 is 11.8 Å². The summed E-state index contributed by atoms with van der Waals surface area (Å²) in [6, 6.07) is 6.33. The monoisotopic (exact) mass is 234 g/mol. The number of imidazole rings is 1. The summed E-state index contributed by atoms with van der Waals surface area (Å²) in [6.45, 7) is 6.61. The van der Waals surface area contributed by atoms with Crippen molar-refractivity contribution >= 4 is 22.8 Å². The lowest BCUT2D eigenvalue weighted by Gasteiger charge is -2.04. The van der Waals surface area contributed by atoms with Crippen LogP contribution in [0.25, 0.3) is 11.0 Å². The Morgan fingerprint density at radius 2 is 2.25 bits per heavy atom. The number of hydrogen-bond acceptors (Lipinski definition) is 2. The summed E-state index contributed by atoms with van der Waals surface area (Å²) >= 11 is 1.82. The second-order valence-corrected chi connectivity index (χ2v) is 5.40. The predicted octanol–water partition coefficient (Wildman–Crippen LogP) is 4.01.